The van der Waals surface area contributed by atoms with E-state index in [0.29, 0.717) is 6.54 Å². The van der Waals surface area contributed by atoms with Gasteiger partial charge in [-0.15, -0.1) is 24.0 Å². The first kappa shape index (κ1) is 21.7. The summed E-state index contributed by atoms with van der Waals surface area (Å²) in [6.45, 7) is 9.72. The van der Waals surface area contributed by atoms with E-state index in [0.717, 1.165) is 43.3 Å². The van der Waals surface area contributed by atoms with Crippen molar-refractivity contribution in [3.8, 4) is 0 Å². The number of nitrogens with one attached hydrogen (secondary N) is 2. The lowest BCUT2D eigenvalue weighted by Gasteiger charge is -2.20. The summed E-state index contributed by atoms with van der Waals surface area (Å²) in [5, 5.41) is 6.36. The number of benzene rings is 1. The zero-order valence-electron chi connectivity index (χ0n) is 15.5. The Bertz CT molecular complexity index is 570. The molecule has 2 rings (SSSR count). The van der Waals surface area contributed by atoms with Crippen molar-refractivity contribution in [1.82, 2.24) is 10.2 Å². The topological polar surface area (TPSA) is 56.7 Å². The fraction of sp³-hybridized carbons (Fsp3) is 0.579. The molecule has 0 radical (unpaired) electrons. The van der Waals surface area contributed by atoms with Crippen LogP contribution in [-0.4, -0.2) is 36.4 Å². The van der Waals surface area contributed by atoms with Crippen molar-refractivity contribution >= 4 is 41.5 Å². The average Bonchev–Trinajstić information content (AvgIpc) is 3.12. The highest BCUT2D eigenvalue weighted by molar-refractivity contribution is 14.0. The Morgan fingerprint density at radius 1 is 1.28 bits per heavy atom. The third-order valence-corrected chi connectivity index (χ3v) is 4.41. The third-order valence-electron chi connectivity index (χ3n) is 4.41. The molecule has 1 aliphatic rings. The van der Waals surface area contributed by atoms with Crippen molar-refractivity contribution in [2.24, 2.45) is 10.9 Å². The van der Waals surface area contributed by atoms with Crippen molar-refractivity contribution in [1.29, 1.82) is 0 Å². The minimum atomic E-state index is 0. The fourth-order valence-corrected chi connectivity index (χ4v) is 2.72. The van der Waals surface area contributed by atoms with Crippen LogP contribution < -0.4 is 10.6 Å². The predicted molar refractivity (Wildman–Crippen MR) is 116 cm³/mol. The van der Waals surface area contributed by atoms with Crippen LogP contribution >= 0.6 is 24.0 Å². The highest BCUT2D eigenvalue weighted by Crippen LogP contribution is 2.14. The fourth-order valence-electron chi connectivity index (χ4n) is 2.72. The van der Waals surface area contributed by atoms with E-state index in [2.05, 4.69) is 28.5 Å². The van der Waals surface area contributed by atoms with Gasteiger partial charge >= 0.3 is 0 Å². The van der Waals surface area contributed by atoms with Gasteiger partial charge in [0.05, 0.1) is 6.54 Å². The highest BCUT2D eigenvalue weighted by atomic mass is 127. The van der Waals surface area contributed by atoms with Crippen LogP contribution in [0.1, 0.15) is 45.6 Å². The normalized spacial score (nSPS) is 15.5. The first-order valence-corrected chi connectivity index (χ1v) is 9.07. The van der Waals surface area contributed by atoms with Crippen molar-refractivity contribution in [2.75, 3.05) is 25.0 Å². The van der Waals surface area contributed by atoms with Gasteiger partial charge in [0.15, 0.2) is 5.96 Å². The second kappa shape index (κ2) is 11.3. The summed E-state index contributed by atoms with van der Waals surface area (Å²) >= 11 is 0. The number of nitrogens with zero attached hydrogens (tertiary/aromatic N) is 2. The maximum absolute atomic E-state index is 12.0. The molecule has 1 amide bonds. The van der Waals surface area contributed by atoms with Gasteiger partial charge in [0.25, 0.3) is 0 Å². The Morgan fingerprint density at radius 2 is 2.00 bits per heavy atom. The van der Waals surface area contributed by atoms with Crippen molar-refractivity contribution in [2.45, 2.75) is 46.6 Å². The van der Waals surface area contributed by atoms with E-state index < -0.39 is 0 Å². The average molecular weight is 458 g/mol. The Labute approximate surface area is 168 Å². The molecule has 1 atom stereocenters. The molecule has 0 spiro atoms. The van der Waals surface area contributed by atoms with Gasteiger partial charge in [-0.2, -0.15) is 0 Å². The van der Waals surface area contributed by atoms with Gasteiger partial charge in [-0.1, -0.05) is 26.0 Å². The molecule has 140 valence electrons. The van der Waals surface area contributed by atoms with Crippen LogP contribution in [0.2, 0.25) is 0 Å². The zero-order valence-corrected chi connectivity index (χ0v) is 17.9. The smallest absolute Gasteiger partial charge is 0.227 e. The number of hydrogen-bond donors (Lipinski definition) is 2. The molecule has 25 heavy (non-hydrogen) atoms. The molecule has 1 aromatic carbocycles. The summed E-state index contributed by atoms with van der Waals surface area (Å²) in [5.41, 5.74) is 1.95. The molecular weight excluding hydrogens is 427 g/mol. The number of amides is 1. The van der Waals surface area contributed by atoms with Crippen LogP contribution in [0.15, 0.2) is 29.3 Å². The van der Waals surface area contributed by atoms with Crippen LogP contribution in [-0.2, 0) is 11.3 Å². The van der Waals surface area contributed by atoms with E-state index in [1.165, 1.54) is 12.8 Å². The van der Waals surface area contributed by atoms with Crippen molar-refractivity contribution in [3.63, 3.8) is 0 Å². The number of carbonyl (C=O) groups excluding carboxylic acids is 1. The molecule has 2 N–H and O–H groups in total. The van der Waals surface area contributed by atoms with Crippen LogP contribution in [0, 0.1) is 5.92 Å². The van der Waals surface area contributed by atoms with E-state index in [1.54, 1.807) is 0 Å². The number of anilines is 1. The van der Waals surface area contributed by atoms with Gasteiger partial charge in [0.2, 0.25) is 5.91 Å². The van der Waals surface area contributed by atoms with Gasteiger partial charge in [0.1, 0.15) is 0 Å². The largest absolute Gasteiger partial charge is 0.357 e. The second-order valence-electron chi connectivity index (χ2n) is 6.36. The summed E-state index contributed by atoms with van der Waals surface area (Å²) in [4.78, 5) is 19.1. The molecule has 5 nitrogen and oxygen atoms in total. The van der Waals surface area contributed by atoms with Gasteiger partial charge in [0, 0.05) is 31.2 Å². The quantitative estimate of drug-likeness (QED) is 0.387. The van der Waals surface area contributed by atoms with Crippen molar-refractivity contribution < 1.29 is 4.79 Å². The third kappa shape index (κ3) is 6.84. The molecule has 1 heterocycles. The summed E-state index contributed by atoms with van der Waals surface area (Å²) in [6, 6.07) is 7.96. The number of guanidine groups is 1. The molecule has 0 bridgehead atoms. The molecule has 1 aromatic rings. The maximum atomic E-state index is 12.0. The molecule has 0 saturated carbocycles. The molecular formula is C19H31IN4O. The first-order valence-electron chi connectivity index (χ1n) is 9.07. The van der Waals surface area contributed by atoms with Crippen LogP contribution in [0.5, 0.6) is 0 Å². The van der Waals surface area contributed by atoms with Crippen LogP contribution in [0.25, 0.3) is 0 Å². The summed E-state index contributed by atoms with van der Waals surface area (Å²) in [6.07, 6.45) is 3.32. The van der Waals surface area contributed by atoms with Crippen LogP contribution in [0.4, 0.5) is 5.69 Å². The lowest BCUT2D eigenvalue weighted by molar-refractivity contribution is -0.119. The number of rotatable bonds is 6. The lowest BCUT2D eigenvalue weighted by atomic mass is 10.1. The number of likely N-dealkylation sites (tertiary alicyclic amines) is 1. The number of hydrogen-bond acceptors (Lipinski definition) is 2. The van der Waals surface area contributed by atoms with Gasteiger partial charge in [-0.05, 0) is 43.9 Å². The molecule has 1 saturated heterocycles. The van der Waals surface area contributed by atoms with Gasteiger partial charge < -0.3 is 15.5 Å². The standard InChI is InChI=1S/C19H30N4O.HI/c1-4-15(3)18(24)22-17-10-8-9-16(13-17)14-21-19(20-5-2)23-11-6-7-12-23;/h8-10,13,15H,4-7,11-12,14H2,1-3H3,(H,20,21)(H,22,24);1H. The SMILES string of the molecule is CCNC(=NCc1cccc(NC(=O)C(C)CC)c1)N1CCCC1.I. The Morgan fingerprint density at radius 3 is 2.64 bits per heavy atom. The lowest BCUT2D eigenvalue weighted by Crippen LogP contribution is -2.39. The Balaban J connectivity index is 0.00000312. The molecule has 0 aromatic heterocycles. The van der Waals surface area contributed by atoms with E-state index in [-0.39, 0.29) is 35.8 Å². The van der Waals surface area contributed by atoms with E-state index in [4.69, 9.17) is 4.99 Å². The first-order chi connectivity index (χ1) is 11.6. The summed E-state index contributed by atoms with van der Waals surface area (Å²) in [5.74, 6) is 1.09. The van der Waals surface area contributed by atoms with Crippen LogP contribution in [0.3, 0.4) is 0 Å². The predicted octanol–water partition coefficient (Wildman–Crippen LogP) is 3.85. The zero-order chi connectivity index (χ0) is 17.4. The molecule has 1 aliphatic heterocycles. The van der Waals surface area contributed by atoms with E-state index >= 15 is 0 Å². The van der Waals surface area contributed by atoms with Gasteiger partial charge in [-0.25, -0.2) is 4.99 Å². The molecule has 6 heteroatoms. The molecule has 1 fully saturated rings. The van der Waals surface area contributed by atoms with E-state index in [9.17, 15) is 4.79 Å². The second-order valence-corrected chi connectivity index (χ2v) is 6.36. The number of halogens is 1. The Hall–Kier alpha value is -1.31. The van der Waals surface area contributed by atoms with Gasteiger partial charge in [-0.3, -0.25) is 4.79 Å². The summed E-state index contributed by atoms with van der Waals surface area (Å²) < 4.78 is 0. The molecule has 0 aliphatic carbocycles. The monoisotopic (exact) mass is 458 g/mol. The number of carbonyl (C=O) groups is 1. The van der Waals surface area contributed by atoms with Crippen molar-refractivity contribution in [3.05, 3.63) is 29.8 Å². The molecule has 1 unspecified atom stereocenters. The summed E-state index contributed by atoms with van der Waals surface area (Å²) in [7, 11) is 0. The maximum Gasteiger partial charge on any atom is 0.227 e. The minimum Gasteiger partial charge on any atom is -0.357 e. The minimum absolute atomic E-state index is 0. The Kier molecular flexibility index (Phi) is 9.85. The van der Waals surface area contributed by atoms with E-state index in [1.807, 2.05) is 32.0 Å². The highest BCUT2D eigenvalue weighted by Gasteiger charge is 2.15. The number of aliphatic imine (C=N–C) groups is 1.